The van der Waals surface area contributed by atoms with E-state index in [9.17, 15) is 0 Å². The van der Waals surface area contributed by atoms with Gasteiger partial charge in [-0.25, -0.2) is 0 Å². The molecule has 15 aromatic rings. The summed E-state index contributed by atoms with van der Waals surface area (Å²) in [6.45, 7) is 8.94. The van der Waals surface area contributed by atoms with Gasteiger partial charge in [0.25, 0.3) is 0 Å². The van der Waals surface area contributed by atoms with E-state index in [0.29, 0.717) is 11.8 Å². The molecule has 4 aromatic heterocycles. The first-order valence-electron chi connectivity index (χ1n) is 25.6. The summed E-state index contributed by atoms with van der Waals surface area (Å²) in [5, 5.41) is 12.9. The van der Waals surface area contributed by atoms with Crippen LogP contribution in [0.3, 0.4) is 0 Å². The molecule has 74 heavy (non-hydrogen) atoms. The summed E-state index contributed by atoms with van der Waals surface area (Å²) in [6.07, 6.45) is 0. The van der Waals surface area contributed by atoms with Gasteiger partial charge in [-0.1, -0.05) is 113 Å². The van der Waals surface area contributed by atoms with E-state index in [-0.39, 0.29) is 0 Å². The highest BCUT2D eigenvalue weighted by molar-refractivity contribution is 6.22. The Bertz CT molecular complexity index is 4440. The maximum absolute atomic E-state index is 6.90. The molecular formula is C68H48N2O4. The lowest BCUT2D eigenvalue weighted by Gasteiger charge is -2.27. The fourth-order valence-corrected chi connectivity index (χ4v) is 11.6. The number of fused-ring (bicyclic) bond motifs is 15. The standard InChI is InChI=1S/C68H48N2O4/c1-39(2)41-19-25-47(26-20-41)69(57-13-9-17-61-65(57)53-11-5-7-15-59(53)71-61)49-29-23-43-35-55-51-31-32-52-56-36-44-24-30-50(34-46(44)38-64(56)74-68(52)67(51)73-63(55)37-45(43)33-49)70(48-27-21-42(22-28-48)40(3)4)58-14-10-18-62-66(58)54-12-6-8-16-60(54)72-62/h5-40H,1-4H3. The molecule has 354 valence electrons. The van der Waals surface area contributed by atoms with Gasteiger partial charge in [0.2, 0.25) is 0 Å². The number of furan rings is 4. The van der Waals surface area contributed by atoms with Crippen molar-refractivity contribution in [3.63, 3.8) is 0 Å². The highest BCUT2D eigenvalue weighted by Gasteiger charge is 2.24. The van der Waals surface area contributed by atoms with Gasteiger partial charge in [-0.2, -0.15) is 0 Å². The molecule has 0 bridgehead atoms. The van der Waals surface area contributed by atoms with E-state index in [1.807, 2.05) is 24.3 Å². The average Bonchev–Trinajstić information content (AvgIpc) is 4.22. The topological polar surface area (TPSA) is 59.0 Å². The Morgan fingerprint density at radius 2 is 0.689 bits per heavy atom. The number of hydrogen-bond donors (Lipinski definition) is 0. The monoisotopic (exact) mass is 956 g/mol. The van der Waals surface area contributed by atoms with Crippen LogP contribution in [0.5, 0.6) is 0 Å². The van der Waals surface area contributed by atoms with Crippen molar-refractivity contribution in [2.24, 2.45) is 0 Å². The van der Waals surface area contributed by atoms with Crippen molar-refractivity contribution >= 4 is 143 Å². The lowest BCUT2D eigenvalue weighted by molar-refractivity contribution is 0.634. The third-order valence-electron chi connectivity index (χ3n) is 15.4. The average molecular weight is 957 g/mol. The molecule has 0 fully saturated rings. The first-order chi connectivity index (χ1) is 36.3. The quantitative estimate of drug-likeness (QED) is 0.151. The maximum Gasteiger partial charge on any atom is 0.178 e. The molecule has 0 saturated carbocycles. The summed E-state index contributed by atoms with van der Waals surface area (Å²) in [7, 11) is 0. The summed E-state index contributed by atoms with van der Waals surface area (Å²) in [5.41, 5.74) is 15.5. The molecule has 0 unspecified atom stereocenters. The molecule has 0 radical (unpaired) electrons. The van der Waals surface area contributed by atoms with E-state index in [2.05, 4.69) is 219 Å². The van der Waals surface area contributed by atoms with Crippen LogP contribution in [0, 0.1) is 0 Å². The van der Waals surface area contributed by atoms with Gasteiger partial charge in [0.15, 0.2) is 11.2 Å². The number of anilines is 6. The summed E-state index contributed by atoms with van der Waals surface area (Å²) in [5.74, 6) is 0.846. The van der Waals surface area contributed by atoms with Crippen LogP contribution in [0.2, 0.25) is 0 Å². The summed E-state index contributed by atoms with van der Waals surface area (Å²) >= 11 is 0. The van der Waals surface area contributed by atoms with Crippen molar-refractivity contribution < 1.29 is 17.7 Å². The molecule has 4 heterocycles. The Morgan fingerprint density at radius 3 is 1.12 bits per heavy atom. The van der Waals surface area contributed by atoms with Gasteiger partial charge < -0.3 is 27.5 Å². The van der Waals surface area contributed by atoms with Gasteiger partial charge in [-0.15, -0.1) is 0 Å². The van der Waals surface area contributed by atoms with E-state index < -0.39 is 0 Å². The predicted molar refractivity (Wildman–Crippen MR) is 308 cm³/mol. The number of rotatable bonds is 8. The Balaban J connectivity index is 0.857. The van der Waals surface area contributed by atoms with Gasteiger partial charge in [-0.3, -0.25) is 0 Å². The minimum absolute atomic E-state index is 0.423. The maximum atomic E-state index is 6.90. The molecule has 0 amide bonds. The van der Waals surface area contributed by atoms with Crippen LogP contribution < -0.4 is 9.80 Å². The van der Waals surface area contributed by atoms with Gasteiger partial charge >= 0.3 is 0 Å². The zero-order chi connectivity index (χ0) is 49.3. The molecule has 11 aromatic carbocycles. The minimum Gasteiger partial charge on any atom is -0.456 e. The Labute approximate surface area is 425 Å². The van der Waals surface area contributed by atoms with Crippen LogP contribution in [0.1, 0.15) is 50.7 Å². The van der Waals surface area contributed by atoms with Gasteiger partial charge in [0.1, 0.15) is 33.5 Å². The number of benzene rings is 11. The summed E-state index contributed by atoms with van der Waals surface area (Å²) in [6, 6.07) is 73.9. The first kappa shape index (κ1) is 42.4. The molecule has 0 aliphatic rings. The van der Waals surface area contributed by atoms with E-state index in [1.165, 1.54) is 11.1 Å². The van der Waals surface area contributed by atoms with Crippen LogP contribution in [0.4, 0.5) is 34.1 Å². The van der Waals surface area contributed by atoms with E-state index in [4.69, 9.17) is 17.7 Å². The second-order valence-corrected chi connectivity index (χ2v) is 20.4. The molecule has 0 spiro atoms. The van der Waals surface area contributed by atoms with Crippen molar-refractivity contribution in [3.05, 3.63) is 217 Å². The lowest BCUT2D eigenvalue weighted by atomic mass is 10.0. The van der Waals surface area contributed by atoms with Crippen molar-refractivity contribution in [1.29, 1.82) is 0 Å². The molecule has 15 rings (SSSR count). The molecule has 0 saturated heterocycles. The van der Waals surface area contributed by atoms with Gasteiger partial charge in [0.05, 0.1) is 22.1 Å². The fraction of sp³-hybridized carbons (Fsp3) is 0.0882. The SMILES string of the molecule is CC(C)c1ccc(N(c2ccc3cc4c(cc3c2)oc2c4ccc3c4cc5ccc(N(c6ccc(C(C)C)cc6)c6cccc7oc8ccccc8c67)cc5cc4oc32)c2cccc3oc4ccccc4c23)cc1. The molecule has 0 aliphatic carbocycles. The van der Waals surface area contributed by atoms with E-state index in [1.54, 1.807) is 0 Å². The van der Waals surface area contributed by atoms with Crippen molar-refractivity contribution in [2.75, 3.05) is 9.80 Å². The normalized spacial score (nSPS) is 12.3. The number of para-hydroxylation sites is 2. The highest BCUT2D eigenvalue weighted by Crippen LogP contribution is 2.47. The highest BCUT2D eigenvalue weighted by atomic mass is 16.4. The number of hydrogen-bond acceptors (Lipinski definition) is 6. The molecule has 0 aliphatic heterocycles. The minimum atomic E-state index is 0.423. The largest absolute Gasteiger partial charge is 0.456 e. The van der Waals surface area contributed by atoms with Crippen LogP contribution in [-0.2, 0) is 0 Å². The summed E-state index contributed by atoms with van der Waals surface area (Å²) in [4.78, 5) is 4.70. The third kappa shape index (κ3) is 6.51. The molecule has 0 N–H and O–H groups in total. The second-order valence-electron chi connectivity index (χ2n) is 20.4. The van der Waals surface area contributed by atoms with Gasteiger partial charge in [0, 0.05) is 55.1 Å². The Morgan fingerprint density at radius 1 is 0.284 bits per heavy atom. The smallest absolute Gasteiger partial charge is 0.178 e. The van der Waals surface area contributed by atoms with Crippen molar-refractivity contribution in [1.82, 2.24) is 0 Å². The Kier molecular flexibility index (Phi) is 9.24. The number of nitrogens with zero attached hydrogens (tertiary/aromatic N) is 2. The van der Waals surface area contributed by atoms with Crippen molar-refractivity contribution in [3.8, 4) is 0 Å². The molecule has 6 heteroatoms. The summed E-state index contributed by atoms with van der Waals surface area (Å²) < 4.78 is 26.6. The van der Waals surface area contributed by atoms with E-state index >= 15 is 0 Å². The first-order valence-corrected chi connectivity index (χ1v) is 25.6. The zero-order valence-corrected chi connectivity index (χ0v) is 41.3. The van der Waals surface area contributed by atoms with Crippen LogP contribution in [0.15, 0.2) is 224 Å². The molecule has 0 atom stereocenters. The van der Waals surface area contributed by atoms with Crippen LogP contribution in [0.25, 0.3) is 109 Å². The fourth-order valence-electron chi connectivity index (χ4n) is 11.6. The Hall–Kier alpha value is -9.26. The van der Waals surface area contributed by atoms with Crippen LogP contribution >= 0.6 is 0 Å². The van der Waals surface area contributed by atoms with Gasteiger partial charge in [-0.05, 0) is 166 Å². The lowest BCUT2D eigenvalue weighted by Crippen LogP contribution is -2.10. The third-order valence-corrected chi connectivity index (χ3v) is 15.4. The zero-order valence-electron chi connectivity index (χ0n) is 41.3. The predicted octanol–water partition coefficient (Wildman–Crippen LogP) is 20.8. The molecular weight excluding hydrogens is 909 g/mol. The van der Waals surface area contributed by atoms with Crippen molar-refractivity contribution in [2.45, 2.75) is 39.5 Å². The second kappa shape index (κ2) is 16.1. The van der Waals surface area contributed by atoms with E-state index in [0.717, 1.165) is 143 Å². The van der Waals surface area contributed by atoms with Crippen LogP contribution in [-0.4, -0.2) is 0 Å². The molecule has 6 nitrogen and oxygen atoms in total.